The van der Waals surface area contributed by atoms with Crippen LogP contribution in [0, 0.1) is 0 Å². The number of carboxylic acids is 2. The molecule has 0 aliphatic heterocycles. The highest BCUT2D eigenvalue weighted by atomic mass is 16.4. The molecule has 0 aromatic heterocycles. The van der Waals surface area contributed by atoms with Crippen molar-refractivity contribution in [2.75, 3.05) is 13.2 Å². The van der Waals surface area contributed by atoms with Crippen LogP contribution in [-0.4, -0.2) is 45.6 Å². The molecule has 0 amide bonds. The molecule has 4 N–H and O–H groups in total. The Morgan fingerprint density at radius 3 is 1.00 bits per heavy atom. The molecule has 0 heterocycles. The zero-order valence-electron chi connectivity index (χ0n) is 13.8. The summed E-state index contributed by atoms with van der Waals surface area (Å²) in [5.74, 6) is -1.76. The first-order valence-electron chi connectivity index (χ1n) is 7.22. The summed E-state index contributed by atoms with van der Waals surface area (Å²) in [6.07, 6.45) is 0. The number of hydrogen-bond acceptors (Lipinski definition) is 4. The molecule has 6 heteroatoms. The smallest absolute Gasteiger partial charge is 0.335 e. The molecular formula is C18H24O6. The molecule has 0 spiro atoms. The van der Waals surface area contributed by atoms with Crippen LogP contribution in [0.25, 0.3) is 0 Å². The maximum Gasteiger partial charge on any atom is 0.335 e. The summed E-state index contributed by atoms with van der Waals surface area (Å²) >= 11 is 0. The summed E-state index contributed by atoms with van der Waals surface area (Å²) in [5, 5.41) is 31.9. The van der Waals surface area contributed by atoms with E-state index in [1.54, 1.807) is 74.5 Å². The second-order valence-corrected chi connectivity index (χ2v) is 3.97. The number of aromatic carboxylic acids is 2. The molecule has 0 aliphatic rings. The normalized spacial score (nSPS) is 8.17. The van der Waals surface area contributed by atoms with Crippen molar-refractivity contribution in [3.8, 4) is 0 Å². The van der Waals surface area contributed by atoms with E-state index in [0.717, 1.165) is 0 Å². The minimum absolute atomic E-state index is 0.250. The fraction of sp³-hybridized carbons (Fsp3) is 0.222. The molecule has 0 fully saturated rings. The van der Waals surface area contributed by atoms with Crippen LogP contribution in [0.1, 0.15) is 34.6 Å². The molecule has 2 aromatic rings. The summed E-state index contributed by atoms with van der Waals surface area (Å²) in [6, 6.07) is 16.6. The average molecular weight is 336 g/mol. The standard InChI is InChI=1S/2C7H6O2.2C2H6O/c2*8-7(9)6-4-2-1-3-5-6;2*1-2-3/h2*1-5H,(H,8,9);2*3H,2H2,1H3. The highest BCUT2D eigenvalue weighted by molar-refractivity contribution is 5.87. The van der Waals surface area contributed by atoms with Gasteiger partial charge in [-0.25, -0.2) is 9.59 Å². The topological polar surface area (TPSA) is 115 Å². The first-order chi connectivity index (χ1) is 11.4. The highest BCUT2D eigenvalue weighted by Gasteiger charge is 1.97. The van der Waals surface area contributed by atoms with Gasteiger partial charge in [0.25, 0.3) is 0 Å². The van der Waals surface area contributed by atoms with E-state index in [4.69, 9.17) is 20.4 Å². The molecular weight excluding hydrogens is 312 g/mol. The molecule has 0 atom stereocenters. The van der Waals surface area contributed by atoms with Crippen molar-refractivity contribution in [2.24, 2.45) is 0 Å². The van der Waals surface area contributed by atoms with Crippen LogP contribution in [0.15, 0.2) is 60.7 Å². The van der Waals surface area contributed by atoms with E-state index in [9.17, 15) is 9.59 Å². The van der Waals surface area contributed by atoms with Gasteiger partial charge in [-0.3, -0.25) is 0 Å². The molecule has 0 saturated carbocycles. The van der Waals surface area contributed by atoms with E-state index in [2.05, 4.69) is 0 Å². The Bertz CT molecular complexity index is 488. The number of hydrogen-bond donors (Lipinski definition) is 4. The Hall–Kier alpha value is -2.70. The number of aliphatic hydroxyl groups excluding tert-OH is 2. The summed E-state index contributed by atoms with van der Waals surface area (Å²) < 4.78 is 0. The number of benzene rings is 2. The van der Waals surface area contributed by atoms with E-state index < -0.39 is 11.9 Å². The molecule has 2 aromatic carbocycles. The maximum atomic E-state index is 10.2. The lowest BCUT2D eigenvalue weighted by atomic mass is 10.2. The van der Waals surface area contributed by atoms with Gasteiger partial charge >= 0.3 is 11.9 Å². The summed E-state index contributed by atoms with van der Waals surface area (Å²) in [4.78, 5) is 20.4. The zero-order valence-corrected chi connectivity index (χ0v) is 13.8. The number of carbonyl (C=O) groups is 2. The van der Waals surface area contributed by atoms with Gasteiger partial charge in [0.05, 0.1) is 11.1 Å². The second kappa shape index (κ2) is 16.7. The van der Waals surface area contributed by atoms with Gasteiger partial charge in [0.15, 0.2) is 0 Å². The van der Waals surface area contributed by atoms with Crippen LogP contribution in [0.5, 0.6) is 0 Å². The van der Waals surface area contributed by atoms with E-state index in [1.165, 1.54) is 0 Å². The number of carboxylic acid groups (broad SMARTS) is 2. The van der Waals surface area contributed by atoms with Gasteiger partial charge in [-0.15, -0.1) is 0 Å². The van der Waals surface area contributed by atoms with E-state index >= 15 is 0 Å². The maximum absolute atomic E-state index is 10.2. The number of rotatable bonds is 2. The summed E-state index contributed by atoms with van der Waals surface area (Å²) in [7, 11) is 0. The summed E-state index contributed by atoms with van der Waals surface area (Å²) in [6.45, 7) is 3.86. The number of aliphatic hydroxyl groups is 2. The van der Waals surface area contributed by atoms with Crippen LogP contribution in [-0.2, 0) is 0 Å². The monoisotopic (exact) mass is 336 g/mol. The molecule has 0 radical (unpaired) electrons. The van der Waals surface area contributed by atoms with Crippen LogP contribution in [0.2, 0.25) is 0 Å². The van der Waals surface area contributed by atoms with Crippen LogP contribution >= 0.6 is 0 Å². The second-order valence-electron chi connectivity index (χ2n) is 3.97. The molecule has 2 rings (SSSR count). The van der Waals surface area contributed by atoms with Gasteiger partial charge in [0.1, 0.15) is 0 Å². The average Bonchev–Trinajstić information content (AvgIpc) is 2.58. The van der Waals surface area contributed by atoms with Crippen molar-refractivity contribution in [2.45, 2.75) is 13.8 Å². The van der Waals surface area contributed by atoms with Crippen LogP contribution < -0.4 is 0 Å². The quantitative estimate of drug-likeness (QED) is 0.670. The minimum Gasteiger partial charge on any atom is -0.478 e. The molecule has 0 bridgehead atoms. The van der Waals surface area contributed by atoms with Gasteiger partial charge in [0, 0.05) is 13.2 Å². The fourth-order valence-corrected chi connectivity index (χ4v) is 1.16. The third-order valence-electron chi connectivity index (χ3n) is 2.04. The predicted octanol–water partition coefficient (Wildman–Crippen LogP) is 2.77. The Balaban J connectivity index is 0. The third kappa shape index (κ3) is 14.2. The Labute approximate surface area is 141 Å². The molecule has 0 saturated heterocycles. The van der Waals surface area contributed by atoms with Crippen molar-refractivity contribution in [3.63, 3.8) is 0 Å². The van der Waals surface area contributed by atoms with Gasteiger partial charge in [-0.1, -0.05) is 36.4 Å². The fourth-order valence-electron chi connectivity index (χ4n) is 1.16. The Morgan fingerprint density at radius 2 is 0.875 bits per heavy atom. The van der Waals surface area contributed by atoms with Gasteiger partial charge in [-0.05, 0) is 38.1 Å². The van der Waals surface area contributed by atoms with Gasteiger partial charge < -0.3 is 20.4 Å². The van der Waals surface area contributed by atoms with E-state index in [0.29, 0.717) is 11.1 Å². The van der Waals surface area contributed by atoms with E-state index in [-0.39, 0.29) is 13.2 Å². The van der Waals surface area contributed by atoms with Crippen molar-refractivity contribution in [1.29, 1.82) is 0 Å². The Kier molecular flexibility index (Phi) is 16.4. The minimum atomic E-state index is -0.879. The molecule has 132 valence electrons. The lowest BCUT2D eigenvalue weighted by Crippen LogP contribution is -1.93. The van der Waals surface area contributed by atoms with Crippen molar-refractivity contribution in [1.82, 2.24) is 0 Å². The largest absolute Gasteiger partial charge is 0.478 e. The first kappa shape index (κ1) is 23.6. The molecule has 0 aliphatic carbocycles. The van der Waals surface area contributed by atoms with Crippen molar-refractivity contribution >= 4 is 11.9 Å². The first-order valence-corrected chi connectivity index (χ1v) is 7.22. The Morgan fingerprint density at radius 1 is 0.667 bits per heavy atom. The lowest BCUT2D eigenvalue weighted by Gasteiger charge is -1.88. The lowest BCUT2D eigenvalue weighted by molar-refractivity contribution is 0.0686. The molecule has 24 heavy (non-hydrogen) atoms. The SMILES string of the molecule is CCO.CCO.O=C(O)c1ccccc1.O=C(O)c1ccccc1. The van der Waals surface area contributed by atoms with E-state index in [1.807, 2.05) is 0 Å². The van der Waals surface area contributed by atoms with Crippen LogP contribution in [0.3, 0.4) is 0 Å². The molecule has 6 nitrogen and oxygen atoms in total. The highest BCUT2D eigenvalue weighted by Crippen LogP contribution is 1.96. The van der Waals surface area contributed by atoms with Crippen molar-refractivity contribution < 1.29 is 30.0 Å². The van der Waals surface area contributed by atoms with Crippen molar-refractivity contribution in [3.05, 3.63) is 71.8 Å². The summed E-state index contributed by atoms with van der Waals surface area (Å²) in [5.41, 5.74) is 0.662. The molecule has 0 unspecified atom stereocenters. The third-order valence-corrected chi connectivity index (χ3v) is 2.04. The van der Waals surface area contributed by atoms with Gasteiger partial charge in [-0.2, -0.15) is 0 Å². The van der Waals surface area contributed by atoms with Crippen LogP contribution in [0.4, 0.5) is 0 Å². The predicted molar refractivity (Wildman–Crippen MR) is 92.3 cm³/mol. The zero-order chi connectivity index (χ0) is 18.8. The van der Waals surface area contributed by atoms with Gasteiger partial charge in [0.2, 0.25) is 0 Å².